The monoisotopic (exact) mass is 323 g/mol. The number of para-hydroxylation sites is 1. The standard InChI is InChI=1S/C18H21N5O/c1-22(2)14-10-8-13(9-11-14)20-17-16(12-24)21-23(18(17)19)15-6-4-3-5-7-15/h3-11,16,19,21,24H,12H2,1-2H3. The van der Waals surface area contributed by atoms with E-state index in [4.69, 9.17) is 5.41 Å². The van der Waals surface area contributed by atoms with Gasteiger partial charge in [0.2, 0.25) is 0 Å². The number of hydrazine groups is 1. The molecule has 6 nitrogen and oxygen atoms in total. The van der Waals surface area contributed by atoms with Crippen molar-refractivity contribution in [3.63, 3.8) is 0 Å². The van der Waals surface area contributed by atoms with Gasteiger partial charge in [-0.05, 0) is 36.4 Å². The Bertz CT molecular complexity index is 740. The van der Waals surface area contributed by atoms with E-state index in [-0.39, 0.29) is 12.4 Å². The summed E-state index contributed by atoms with van der Waals surface area (Å²) in [5.41, 5.74) is 6.34. The Kier molecular flexibility index (Phi) is 4.59. The molecule has 0 spiro atoms. The number of aliphatic hydroxyl groups excluding tert-OH is 1. The SMILES string of the molecule is CN(C)c1ccc(N=C2C(=N)N(c3ccccc3)NC2CO)cc1. The van der Waals surface area contributed by atoms with E-state index in [1.165, 1.54) is 0 Å². The Morgan fingerprint density at radius 1 is 1.12 bits per heavy atom. The maximum Gasteiger partial charge on any atom is 0.163 e. The molecule has 24 heavy (non-hydrogen) atoms. The van der Waals surface area contributed by atoms with Gasteiger partial charge in [0.05, 0.1) is 24.0 Å². The Labute approximate surface area is 141 Å². The Balaban J connectivity index is 1.89. The number of aliphatic hydroxyl groups is 1. The van der Waals surface area contributed by atoms with E-state index in [9.17, 15) is 5.11 Å². The molecular formula is C18H21N5O. The lowest BCUT2D eigenvalue weighted by atomic mass is 10.2. The molecule has 2 aromatic rings. The third kappa shape index (κ3) is 3.15. The van der Waals surface area contributed by atoms with Crippen LogP contribution in [-0.2, 0) is 0 Å². The first-order valence-electron chi connectivity index (χ1n) is 7.77. The van der Waals surface area contributed by atoms with Crippen molar-refractivity contribution >= 4 is 28.6 Å². The quantitative estimate of drug-likeness (QED) is 0.806. The summed E-state index contributed by atoms with van der Waals surface area (Å²) in [6, 6.07) is 16.9. The zero-order chi connectivity index (χ0) is 17.1. The number of anilines is 2. The first kappa shape index (κ1) is 16.2. The molecule has 0 bridgehead atoms. The fourth-order valence-corrected chi connectivity index (χ4v) is 2.56. The van der Waals surface area contributed by atoms with Crippen LogP contribution in [-0.4, -0.2) is 43.4 Å². The van der Waals surface area contributed by atoms with Gasteiger partial charge < -0.3 is 10.0 Å². The zero-order valence-electron chi connectivity index (χ0n) is 13.8. The van der Waals surface area contributed by atoms with Crippen LogP contribution in [0.4, 0.5) is 17.1 Å². The topological polar surface area (TPSA) is 75.0 Å². The van der Waals surface area contributed by atoms with Crippen molar-refractivity contribution < 1.29 is 5.11 Å². The minimum absolute atomic E-state index is 0.125. The average molecular weight is 323 g/mol. The van der Waals surface area contributed by atoms with Crippen LogP contribution >= 0.6 is 0 Å². The first-order valence-corrected chi connectivity index (χ1v) is 7.77. The summed E-state index contributed by atoms with van der Waals surface area (Å²) in [7, 11) is 3.97. The van der Waals surface area contributed by atoms with Crippen LogP contribution in [0.5, 0.6) is 0 Å². The van der Waals surface area contributed by atoms with Crippen LogP contribution in [0.3, 0.4) is 0 Å². The van der Waals surface area contributed by atoms with Crippen molar-refractivity contribution in [1.29, 1.82) is 5.41 Å². The minimum atomic E-state index is -0.397. The van der Waals surface area contributed by atoms with Crippen molar-refractivity contribution in [1.82, 2.24) is 5.43 Å². The molecule has 1 aliphatic heterocycles. The van der Waals surface area contributed by atoms with Crippen LogP contribution < -0.4 is 15.3 Å². The maximum atomic E-state index is 9.64. The molecule has 0 aromatic heterocycles. The molecule has 1 aliphatic rings. The highest BCUT2D eigenvalue weighted by atomic mass is 16.3. The molecule has 3 rings (SSSR count). The summed E-state index contributed by atoms with van der Waals surface area (Å²) in [6.07, 6.45) is 0. The fraction of sp³-hybridized carbons (Fsp3) is 0.222. The fourth-order valence-electron chi connectivity index (χ4n) is 2.56. The number of hydrogen-bond donors (Lipinski definition) is 3. The van der Waals surface area contributed by atoms with E-state index >= 15 is 0 Å². The van der Waals surface area contributed by atoms with Gasteiger partial charge in [-0.3, -0.25) is 10.4 Å². The van der Waals surface area contributed by atoms with E-state index < -0.39 is 6.04 Å². The van der Waals surface area contributed by atoms with Crippen LogP contribution in [0, 0.1) is 5.41 Å². The van der Waals surface area contributed by atoms with E-state index in [2.05, 4.69) is 10.4 Å². The van der Waals surface area contributed by atoms with Gasteiger partial charge in [-0.1, -0.05) is 18.2 Å². The van der Waals surface area contributed by atoms with Gasteiger partial charge in [-0.25, -0.2) is 10.4 Å². The lowest BCUT2D eigenvalue weighted by Crippen LogP contribution is -2.38. The third-order valence-electron chi connectivity index (χ3n) is 3.89. The molecule has 0 amide bonds. The molecule has 6 heteroatoms. The van der Waals surface area contributed by atoms with E-state index in [0.29, 0.717) is 5.71 Å². The van der Waals surface area contributed by atoms with Crippen molar-refractivity contribution in [2.24, 2.45) is 4.99 Å². The summed E-state index contributed by atoms with van der Waals surface area (Å²) in [6.45, 7) is -0.125. The zero-order valence-corrected chi connectivity index (χ0v) is 13.8. The highest BCUT2D eigenvalue weighted by Gasteiger charge is 2.34. The number of hydrogen-bond acceptors (Lipinski definition) is 5. The first-order chi connectivity index (χ1) is 11.6. The minimum Gasteiger partial charge on any atom is -0.394 e. The molecule has 3 N–H and O–H groups in total. The molecule has 1 atom stereocenters. The number of aliphatic imine (C=N–C) groups is 1. The number of nitrogens with one attached hydrogen (secondary N) is 2. The molecular weight excluding hydrogens is 302 g/mol. The van der Waals surface area contributed by atoms with Gasteiger partial charge in [0.25, 0.3) is 0 Å². The molecule has 1 heterocycles. The smallest absolute Gasteiger partial charge is 0.163 e. The molecule has 1 saturated heterocycles. The summed E-state index contributed by atoms with van der Waals surface area (Å²) < 4.78 is 0. The number of benzene rings is 2. The summed E-state index contributed by atoms with van der Waals surface area (Å²) in [5.74, 6) is 0.247. The predicted octanol–water partition coefficient (Wildman–Crippen LogP) is 2.19. The van der Waals surface area contributed by atoms with Crippen LogP contribution in [0.2, 0.25) is 0 Å². The molecule has 0 radical (unpaired) electrons. The van der Waals surface area contributed by atoms with Crippen LogP contribution in [0.15, 0.2) is 59.6 Å². The average Bonchev–Trinajstić information content (AvgIpc) is 2.92. The number of amidine groups is 1. The molecule has 1 unspecified atom stereocenters. The Hall–Kier alpha value is -2.70. The third-order valence-corrected chi connectivity index (χ3v) is 3.89. The number of nitrogens with zero attached hydrogens (tertiary/aromatic N) is 3. The summed E-state index contributed by atoms with van der Waals surface area (Å²) in [5, 5.41) is 19.7. The molecule has 1 fully saturated rings. The maximum absolute atomic E-state index is 9.64. The van der Waals surface area contributed by atoms with Crippen molar-refractivity contribution in [2.45, 2.75) is 6.04 Å². The second kappa shape index (κ2) is 6.82. The summed E-state index contributed by atoms with van der Waals surface area (Å²) in [4.78, 5) is 6.59. The lowest BCUT2D eigenvalue weighted by Gasteiger charge is -2.17. The van der Waals surface area contributed by atoms with Gasteiger partial charge in [-0.2, -0.15) is 0 Å². The van der Waals surface area contributed by atoms with Gasteiger partial charge >= 0.3 is 0 Å². The second-order valence-electron chi connectivity index (χ2n) is 5.79. The van der Waals surface area contributed by atoms with Gasteiger partial charge in [0.1, 0.15) is 5.71 Å². The second-order valence-corrected chi connectivity index (χ2v) is 5.79. The van der Waals surface area contributed by atoms with Gasteiger partial charge in [0.15, 0.2) is 5.84 Å². The van der Waals surface area contributed by atoms with Crippen molar-refractivity contribution in [2.75, 3.05) is 30.6 Å². The van der Waals surface area contributed by atoms with E-state index in [0.717, 1.165) is 17.1 Å². The lowest BCUT2D eigenvalue weighted by molar-refractivity contribution is 0.277. The van der Waals surface area contributed by atoms with Gasteiger partial charge in [-0.15, -0.1) is 0 Å². The van der Waals surface area contributed by atoms with Crippen LogP contribution in [0.25, 0.3) is 0 Å². The molecule has 2 aromatic carbocycles. The highest BCUT2D eigenvalue weighted by Crippen LogP contribution is 2.22. The molecule has 124 valence electrons. The summed E-state index contributed by atoms with van der Waals surface area (Å²) >= 11 is 0. The van der Waals surface area contributed by atoms with Crippen molar-refractivity contribution in [3.05, 3.63) is 54.6 Å². The van der Waals surface area contributed by atoms with Crippen molar-refractivity contribution in [3.8, 4) is 0 Å². The normalized spacial score (nSPS) is 19.1. The van der Waals surface area contributed by atoms with Gasteiger partial charge in [0, 0.05) is 19.8 Å². The molecule has 0 saturated carbocycles. The van der Waals surface area contributed by atoms with E-state index in [1.54, 1.807) is 5.01 Å². The Morgan fingerprint density at radius 2 is 1.79 bits per heavy atom. The Morgan fingerprint density at radius 3 is 2.38 bits per heavy atom. The largest absolute Gasteiger partial charge is 0.394 e. The predicted molar refractivity (Wildman–Crippen MR) is 98.5 cm³/mol. The molecule has 0 aliphatic carbocycles. The van der Waals surface area contributed by atoms with E-state index in [1.807, 2.05) is 73.6 Å². The van der Waals surface area contributed by atoms with Crippen LogP contribution in [0.1, 0.15) is 0 Å². The highest BCUT2D eigenvalue weighted by molar-refractivity contribution is 6.49. The number of rotatable bonds is 4.